The number of aromatic nitrogens is 1. The molecule has 2 aromatic carbocycles. The van der Waals surface area contributed by atoms with Crippen molar-refractivity contribution >= 4 is 27.6 Å². The molecule has 2 aromatic heterocycles. The van der Waals surface area contributed by atoms with Crippen LogP contribution in [-0.4, -0.2) is 32.3 Å². The van der Waals surface area contributed by atoms with Crippen LogP contribution in [0.1, 0.15) is 20.3 Å². The lowest BCUT2D eigenvalue weighted by molar-refractivity contribution is 0.355. The number of fused-ring (bicyclic) bond motifs is 2. The fourth-order valence-corrected chi connectivity index (χ4v) is 5.01. The van der Waals surface area contributed by atoms with Crippen molar-refractivity contribution in [3.05, 3.63) is 48.9 Å². The highest BCUT2D eigenvalue weighted by atomic mass is 16.5. The largest absolute Gasteiger partial charge is 0.493 e. The molecule has 4 aromatic rings. The molecule has 1 fully saturated rings. The Labute approximate surface area is 182 Å². The number of ether oxygens (including phenoxy) is 2. The van der Waals surface area contributed by atoms with Crippen molar-refractivity contribution in [2.75, 3.05) is 32.2 Å². The molecule has 5 nitrogen and oxygen atoms in total. The number of benzene rings is 2. The normalized spacial score (nSPS) is 19.2. The lowest BCUT2D eigenvalue weighted by Gasteiger charge is -2.35. The smallest absolute Gasteiger partial charge is 0.161 e. The average Bonchev–Trinajstić information content (AvgIpc) is 3.24. The summed E-state index contributed by atoms with van der Waals surface area (Å²) >= 11 is 0. The second-order valence-corrected chi connectivity index (χ2v) is 8.77. The molecule has 0 aliphatic carbocycles. The number of furan rings is 1. The quantitative estimate of drug-likeness (QED) is 0.399. The summed E-state index contributed by atoms with van der Waals surface area (Å²) in [5, 5.41) is 3.18. The lowest BCUT2D eigenvalue weighted by Crippen LogP contribution is -2.39. The van der Waals surface area contributed by atoms with E-state index in [-0.39, 0.29) is 0 Å². The molecule has 3 heterocycles. The summed E-state index contributed by atoms with van der Waals surface area (Å²) in [6, 6.07) is 12.4. The van der Waals surface area contributed by atoms with Gasteiger partial charge in [-0.3, -0.25) is 0 Å². The summed E-state index contributed by atoms with van der Waals surface area (Å²) in [7, 11) is 3.32. The molecule has 0 radical (unpaired) electrons. The van der Waals surface area contributed by atoms with Gasteiger partial charge in [0.05, 0.1) is 20.5 Å². The van der Waals surface area contributed by atoms with Crippen LogP contribution in [0, 0.1) is 11.8 Å². The number of methoxy groups -OCH3 is 2. The Hall–Kier alpha value is -3.21. The van der Waals surface area contributed by atoms with Crippen molar-refractivity contribution in [2.24, 2.45) is 11.8 Å². The van der Waals surface area contributed by atoms with Crippen molar-refractivity contribution in [3.63, 3.8) is 0 Å². The van der Waals surface area contributed by atoms with Gasteiger partial charge in [-0.05, 0) is 65.4 Å². The van der Waals surface area contributed by atoms with E-state index in [0.29, 0.717) is 23.3 Å². The van der Waals surface area contributed by atoms with E-state index < -0.39 is 0 Å². The number of piperidine rings is 1. The van der Waals surface area contributed by atoms with Crippen LogP contribution in [-0.2, 0) is 0 Å². The molecule has 0 bridgehead atoms. The number of pyridine rings is 1. The van der Waals surface area contributed by atoms with Crippen LogP contribution >= 0.6 is 0 Å². The predicted molar refractivity (Wildman–Crippen MR) is 125 cm³/mol. The standard InChI is InChI=1S/C26H28N2O3/c1-16-9-17(2)15-28(14-16)24-6-5-19(13-27-24)25-21-12-23(30-4)22(29-3)11-20(21)10-18-7-8-31-26(18)25/h5-8,10-13,16-17H,9,14-15H2,1-4H3. The van der Waals surface area contributed by atoms with E-state index in [2.05, 4.69) is 36.9 Å². The molecule has 2 atom stereocenters. The number of hydrogen-bond acceptors (Lipinski definition) is 5. The summed E-state index contributed by atoms with van der Waals surface area (Å²) in [6.45, 7) is 6.76. The summed E-state index contributed by atoms with van der Waals surface area (Å²) < 4.78 is 17.0. The SMILES string of the molecule is COc1cc2cc3ccoc3c(-c3ccc(N4CC(C)CC(C)C4)nc3)c2cc1OC. The second-order valence-electron chi connectivity index (χ2n) is 8.77. The fourth-order valence-electron chi connectivity index (χ4n) is 5.01. The van der Waals surface area contributed by atoms with Crippen LogP contribution in [0.2, 0.25) is 0 Å². The Bertz CT molecular complexity index is 1220. The third kappa shape index (κ3) is 3.48. The maximum absolute atomic E-state index is 5.91. The Morgan fingerprint density at radius 2 is 1.68 bits per heavy atom. The van der Waals surface area contributed by atoms with Crippen LogP contribution in [0.25, 0.3) is 32.9 Å². The summed E-state index contributed by atoms with van der Waals surface area (Å²) in [6.07, 6.45) is 4.99. The van der Waals surface area contributed by atoms with Gasteiger partial charge in [-0.1, -0.05) is 13.8 Å². The molecular weight excluding hydrogens is 388 g/mol. The first-order valence-electron chi connectivity index (χ1n) is 10.8. The zero-order valence-electron chi connectivity index (χ0n) is 18.5. The summed E-state index contributed by atoms with van der Waals surface area (Å²) in [5.74, 6) is 3.83. The molecule has 0 saturated carbocycles. The van der Waals surface area contributed by atoms with Crippen molar-refractivity contribution in [1.29, 1.82) is 0 Å². The highest BCUT2D eigenvalue weighted by Crippen LogP contribution is 2.41. The predicted octanol–water partition coefficient (Wildman–Crippen LogP) is 6.15. The molecule has 1 aliphatic rings. The first kappa shape index (κ1) is 19.7. The van der Waals surface area contributed by atoms with Crippen LogP contribution in [0.4, 0.5) is 5.82 Å². The number of hydrogen-bond donors (Lipinski definition) is 0. The molecule has 0 spiro atoms. The third-order valence-corrected chi connectivity index (χ3v) is 6.29. The van der Waals surface area contributed by atoms with E-state index in [1.165, 1.54) is 6.42 Å². The van der Waals surface area contributed by atoms with E-state index in [1.54, 1.807) is 20.5 Å². The zero-order chi connectivity index (χ0) is 21.5. The van der Waals surface area contributed by atoms with Gasteiger partial charge in [0.15, 0.2) is 11.5 Å². The van der Waals surface area contributed by atoms with Crippen LogP contribution in [0.3, 0.4) is 0 Å². The van der Waals surface area contributed by atoms with E-state index >= 15 is 0 Å². The number of nitrogens with zero attached hydrogens (tertiary/aromatic N) is 2. The van der Waals surface area contributed by atoms with Gasteiger partial charge in [-0.15, -0.1) is 0 Å². The highest BCUT2D eigenvalue weighted by molar-refractivity contribution is 6.11. The maximum Gasteiger partial charge on any atom is 0.161 e. The lowest BCUT2D eigenvalue weighted by atomic mass is 9.92. The van der Waals surface area contributed by atoms with Crippen molar-refractivity contribution in [2.45, 2.75) is 20.3 Å². The zero-order valence-corrected chi connectivity index (χ0v) is 18.5. The Balaban J connectivity index is 1.64. The van der Waals surface area contributed by atoms with E-state index in [0.717, 1.165) is 51.8 Å². The molecule has 1 saturated heterocycles. The van der Waals surface area contributed by atoms with Gasteiger partial charge in [0.1, 0.15) is 11.4 Å². The molecule has 0 amide bonds. The topological polar surface area (TPSA) is 47.7 Å². The Morgan fingerprint density at radius 1 is 0.935 bits per heavy atom. The minimum Gasteiger partial charge on any atom is -0.493 e. The maximum atomic E-state index is 5.91. The van der Waals surface area contributed by atoms with Gasteiger partial charge >= 0.3 is 0 Å². The van der Waals surface area contributed by atoms with Gasteiger partial charge in [-0.2, -0.15) is 0 Å². The van der Waals surface area contributed by atoms with Gasteiger partial charge in [-0.25, -0.2) is 4.98 Å². The van der Waals surface area contributed by atoms with E-state index in [4.69, 9.17) is 18.9 Å². The van der Waals surface area contributed by atoms with Crippen LogP contribution < -0.4 is 14.4 Å². The van der Waals surface area contributed by atoms with E-state index in [1.807, 2.05) is 24.4 Å². The minimum atomic E-state index is 0.688. The highest BCUT2D eigenvalue weighted by Gasteiger charge is 2.23. The van der Waals surface area contributed by atoms with Gasteiger partial charge in [0, 0.05) is 35.8 Å². The fraction of sp³-hybridized carbons (Fsp3) is 0.346. The summed E-state index contributed by atoms with van der Waals surface area (Å²) in [5.41, 5.74) is 2.91. The molecule has 5 heteroatoms. The van der Waals surface area contributed by atoms with Crippen molar-refractivity contribution in [3.8, 4) is 22.6 Å². The average molecular weight is 417 g/mol. The third-order valence-electron chi connectivity index (χ3n) is 6.29. The molecule has 2 unspecified atom stereocenters. The van der Waals surface area contributed by atoms with Crippen LogP contribution in [0.5, 0.6) is 11.5 Å². The van der Waals surface area contributed by atoms with Gasteiger partial charge < -0.3 is 18.8 Å². The molecule has 5 rings (SSSR count). The summed E-state index contributed by atoms with van der Waals surface area (Å²) in [4.78, 5) is 7.26. The minimum absolute atomic E-state index is 0.688. The van der Waals surface area contributed by atoms with Crippen molar-refractivity contribution in [1.82, 2.24) is 4.98 Å². The Kier molecular flexibility index (Phi) is 4.97. The molecular formula is C26H28N2O3. The molecule has 31 heavy (non-hydrogen) atoms. The first-order chi connectivity index (χ1) is 15.1. The van der Waals surface area contributed by atoms with Crippen molar-refractivity contribution < 1.29 is 13.9 Å². The number of anilines is 1. The van der Waals surface area contributed by atoms with Crippen LogP contribution in [0.15, 0.2) is 53.3 Å². The monoisotopic (exact) mass is 416 g/mol. The number of rotatable bonds is 4. The van der Waals surface area contributed by atoms with Gasteiger partial charge in [0.25, 0.3) is 0 Å². The Morgan fingerprint density at radius 3 is 2.35 bits per heavy atom. The molecule has 1 aliphatic heterocycles. The van der Waals surface area contributed by atoms with E-state index in [9.17, 15) is 0 Å². The first-order valence-corrected chi connectivity index (χ1v) is 10.8. The second kappa shape index (κ2) is 7.80. The molecule has 160 valence electrons. The molecule has 0 N–H and O–H groups in total. The van der Waals surface area contributed by atoms with Gasteiger partial charge in [0.2, 0.25) is 0 Å².